The van der Waals surface area contributed by atoms with Crippen LogP contribution >= 0.6 is 0 Å². The fourth-order valence-corrected chi connectivity index (χ4v) is 4.31. The van der Waals surface area contributed by atoms with Gasteiger partial charge in [0.25, 0.3) is 0 Å². The molecule has 9 nitrogen and oxygen atoms in total. The molecule has 0 aliphatic rings. The molecule has 0 fully saturated rings. The monoisotopic (exact) mass is 561 g/mol. The zero-order chi connectivity index (χ0) is 29.8. The first kappa shape index (κ1) is 31.1. The fourth-order valence-electron chi connectivity index (χ4n) is 4.31. The number of hydrogen-bond acceptors (Lipinski definition) is 7. The summed E-state index contributed by atoms with van der Waals surface area (Å²) in [6, 6.07) is 27.5. The molecule has 3 aromatic carbocycles. The van der Waals surface area contributed by atoms with E-state index in [1.54, 1.807) is 4.90 Å². The summed E-state index contributed by atoms with van der Waals surface area (Å²) in [7, 11) is 0. The highest BCUT2D eigenvalue weighted by atomic mass is 16.6. The molecule has 2 atom stereocenters. The molecule has 41 heavy (non-hydrogen) atoms. The van der Waals surface area contributed by atoms with Crippen LogP contribution in [0.15, 0.2) is 84.9 Å². The number of carboxylic acid groups (broad SMARTS) is 2. The van der Waals surface area contributed by atoms with Crippen molar-refractivity contribution < 1.29 is 39.2 Å². The van der Waals surface area contributed by atoms with Gasteiger partial charge in [0, 0.05) is 0 Å². The Morgan fingerprint density at radius 1 is 0.829 bits per heavy atom. The maximum absolute atomic E-state index is 12.6. The van der Waals surface area contributed by atoms with E-state index in [4.69, 9.17) is 14.6 Å². The van der Waals surface area contributed by atoms with Crippen molar-refractivity contribution >= 4 is 29.6 Å². The molecule has 0 radical (unpaired) electrons. The van der Waals surface area contributed by atoms with E-state index in [9.17, 15) is 24.6 Å². The molecular formula is C32H35NO8. The van der Waals surface area contributed by atoms with Gasteiger partial charge in [0.2, 0.25) is 0 Å². The third-order valence-electron chi connectivity index (χ3n) is 6.52. The average molecular weight is 562 g/mol. The van der Waals surface area contributed by atoms with Crippen LogP contribution in [0.2, 0.25) is 0 Å². The highest BCUT2D eigenvalue weighted by Crippen LogP contribution is 2.28. The molecule has 0 amide bonds. The lowest BCUT2D eigenvalue weighted by Crippen LogP contribution is -2.46. The number of esters is 1. The Labute approximate surface area is 239 Å². The first-order valence-electron chi connectivity index (χ1n) is 13.3. The Kier molecular flexibility index (Phi) is 11.2. The van der Waals surface area contributed by atoms with E-state index in [0.29, 0.717) is 18.8 Å². The zero-order valence-electron chi connectivity index (χ0n) is 23.1. The van der Waals surface area contributed by atoms with Crippen LogP contribution < -0.4 is 4.74 Å². The smallest absolute Gasteiger partial charge is 0.336 e. The van der Waals surface area contributed by atoms with Crippen LogP contribution in [0.4, 0.5) is 0 Å². The number of hydrogen-bond donors (Lipinski definition) is 3. The second-order valence-corrected chi connectivity index (χ2v) is 9.42. The second kappa shape index (κ2) is 14.8. The molecule has 216 valence electrons. The predicted octanol–water partition coefficient (Wildman–Crippen LogP) is 4.55. The number of carbonyl (C=O) groups excluding carboxylic acids is 1. The average Bonchev–Trinajstić information content (AvgIpc) is 2.96. The van der Waals surface area contributed by atoms with Crippen molar-refractivity contribution in [1.29, 1.82) is 0 Å². The third kappa shape index (κ3) is 9.02. The highest BCUT2D eigenvalue weighted by molar-refractivity contribution is 5.91. The van der Waals surface area contributed by atoms with Gasteiger partial charge in [0.15, 0.2) is 11.8 Å². The highest BCUT2D eigenvalue weighted by Gasteiger charge is 2.42. The summed E-state index contributed by atoms with van der Waals surface area (Å²) in [6.07, 6.45) is -0.932. The molecule has 0 spiro atoms. The molecule has 0 bridgehead atoms. The van der Waals surface area contributed by atoms with Crippen LogP contribution in [0, 0.1) is 0 Å². The summed E-state index contributed by atoms with van der Waals surface area (Å²) in [5.74, 6) is -3.89. The molecule has 3 N–H and O–H groups in total. The Morgan fingerprint density at radius 2 is 1.39 bits per heavy atom. The Hall–Kier alpha value is -4.47. The van der Waals surface area contributed by atoms with Gasteiger partial charge in [0.1, 0.15) is 12.4 Å². The first-order chi connectivity index (χ1) is 19.6. The molecule has 0 aliphatic carbocycles. The first-order valence-corrected chi connectivity index (χ1v) is 13.3. The molecular weight excluding hydrogens is 526 g/mol. The largest absolute Gasteiger partial charge is 0.488 e. The summed E-state index contributed by atoms with van der Waals surface area (Å²) in [5, 5.41) is 28.4. The second-order valence-electron chi connectivity index (χ2n) is 9.42. The van der Waals surface area contributed by atoms with Crippen molar-refractivity contribution in [1.82, 2.24) is 4.90 Å². The van der Waals surface area contributed by atoms with E-state index in [2.05, 4.69) is 6.08 Å². The van der Waals surface area contributed by atoms with E-state index < -0.39 is 42.6 Å². The zero-order valence-corrected chi connectivity index (χ0v) is 23.1. The van der Waals surface area contributed by atoms with Crippen LogP contribution in [0.3, 0.4) is 0 Å². The minimum atomic E-state index is -2.78. The van der Waals surface area contributed by atoms with Crippen LogP contribution in [-0.4, -0.2) is 69.7 Å². The molecule has 3 aromatic rings. The summed E-state index contributed by atoms with van der Waals surface area (Å²) >= 11 is 0. The fraction of sp³-hybridized carbons (Fsp3) is 0.281. The van der Waals surface area contributed by atoms with E-state index >= 15 is 0 Å². The SMILES string of the molecule is CCN(CC)C(COc1ccc(C(=Cc2ccccc2)c2ccccc2)cc1)OC(=O)CC(O)(CC(=O)O)C(=O)O. The van der Waals surface area contributed by atoms with Crippen molar-refractivity contribution in [2.75, 3.05) is 19.7 Å². The standard InChI is InChI=1S/C32H35NO8/c1-3-33(4-2)28(41-30(36)21-32(39,31(37)38)20-29(34)35)22-40-26-17-15-25(16-18-26)27(24-13-9-6-10-14-24)19-23-11-7-5-8-12-23/h5-19,28,39H,3-4,20-22H2,1-2H3,(H,34,35)(H,37,38). The lowest BCUT2D eigenvalue weighted by atomic mass is 9.95. The Balaban J connectivity index is 1.76. The topological polar surface area (TPSA) is 134 Å². The lowest BCUT2D eigenvalue weighted by Gasteiger charge is -2.30. The normalized spacial score (nSPS) is 13.7. The maximum atomic E-state index is 12.6. The molecule has 0 heterocycles. The van der Waals surface area contributed by atoms with Gasteiger partial charge >= 0.3 is 17.9 Å². The maximum Gasteiger partial charge on any atom is 0.336 e. The van der Waals surface area contributed by atoms with Gasteiger partial charge < -0.3 is 24.8 Å². The number of carboxylic acids is 2. The predicted molar refractivity (Wildman–Crippen MR) is 154 cm³/mol. The number of likely N-dealkylation sites (N-methyl/N-ethyl adjacent to an activating group) is 1. The number of rotatable bonds is 15. The molecule has 0 aromatic heterocycles. The number of nitrogens with zero attached hydrogens (tertiary/aromatic N) is 1. The van der Waals surface area contributed by atoms with Crippen LogP contribution in [0.1, 0.15) is 43.4 Å². The molecule has 2 unspecified atom stereocenters. The molecule has 0 aliphatic heterocycles. The van der Waals surface area contributed by atoms with Gasteiger partial charge in [-0.25, -0.2) is 4.79 Å². The van der Waals surface area contributed by atoms with Gasteiger partial charge in [-0.1, -0.05) is 86.6 Å². The van der Waals surface area contributed by atoms with Gasteiger partial charge in [-0.15, -0.1) is 0 Å². The van der Waals surface area contributed by atoms with E-state index in [1.807, 2.05) is 98.8 Å². The summed E-state index contributed by atoms with van der Waals surface area (Å²) in [6.45, 7) is 4.66. The van der Waals surface area contributed by atoms with Crippen molar-refractivity contribution in [2.45, 2.75) is 38.5 Å². The molecule has 9 heteroatoms. The van der Waals surface area contributed by atoms with Crippen molar-refractivity contribution in [3.63, 3.8) is 0 Å². The number of benzene rings is 3. The quantitative estimate of drug-likeness (QED) is 0.139. The van der Waals surface area contributed by atoms with Crippen LogP contribution in [0.5, 0.6) is 5.75 Å². The van der Waals surface area contributed by atoms with Crippen LogP contribution in [-0.2, 0) is 19.1 Å². The number of aliphatic hydroxyl groups is 1. The summed E-state index contributed by atoms with van der Waals surface area (Å²) < 4.78 is 11.4. The van der Waals surface area contributed by atoms with Gasteiger partial charge in [-0.3, -0.25) is 14.5 Å². The summed E-state index contributed by atoms with van der Waals surface area (Å²) in [4.78, 5) is 36.8. The summed E-state index contributed by atoms with van der Waals surface area (Å²) in [5.41, 5.74) is 1.35. The Morgan fingerprint density at radius 3 is 1.93 bits per heavy atom. The van der Waals surface area contributed by atoms with E-state index in [0.717, 1.165) is 22.3 Å². The van der Waals surface area contributed by atoms with Gasteiger partial charge in [0.05, 0.1) is 12.8 Å². The van der Waals surface area contributed by atoms with Gasteiger partial charge in [-0.05, 0) is 53.6 Å². The third-order valence-corrected chi connectivity index (χ3v) is 6.52. The molecule has 0 saturated heterocycles. The van der Waals surface area contributed by atoms with Crippen molar-refractivity contribution in [3.8, 4) is 5.75 Å². The number of carbonyl (C=O) groups is 3. The number of aliphatic carboxylic acids is 2. The minimum Gasteiger partial charge on any atom is -0.488 e. The minimum absolute atomic E-state index is 0.0669. The van der Waals surface area contributed by atoms with Crippen molar-refractivity contribution in [2.24, 2.45) is 0 Å². The molecule has 3 rings (SSSR count). The number of ether oxygens (including phenoxy) is 2. The van der Waals surface area contributed by atoms with Crippen LogP contribution in [0.25, 0.3) is 11.6 Å². The van der Waals surface area contributed by atoms with E-state index in [1.165, 1.54) is 0 Å². The van der Waals surface area contributed by atoms with Crippen molar-refractivity contribution in [3.05, 3.63) is 102 Å². The lowest BCUT2D eigenvalue weighted by molar-refractivity contribution is -0.178. The van der Waals surface area contributed by atoms with E-state index in [-0.39, 0.29) is 6.61 Å². The molecule has 0 saturated carbocycles. The Bertz CT molecular complexity index is 1320. The van der Waals surface area contributed by atoms with Gasteiger partial charge in [-0.2, -0.15) is 0 Å².